The Morgan fingerprint density at radius 1 is 1.25 bits per heavy atom. The number of anilines is 1. The predicted molar refractivity (Wildman–Crippen MR) is 85.4 cm³/mol. The van der Waals surface area contributed by atoms with Gasteiger partial charge in [0.25, 0.3) is 0 Å². The summed E-state index contributed by atoms with van der Waals surface area (Å²) in [5, 5.41) is 3.69. The summed E-state index contributed by atoms with van der Waals surface area (Å²) in [6.07, 6.45) is 6.64. The first kappa shape index (κ1) is 15.3. The van der Waals surface area contributed by atoms with E-state index in [-0.39, 0.29) is 0 Å². The molecule has 0 saturated heterocycles. The average Bonchev–Trinajstić information content (AvgIpc) is 2.52. The molecular formula is C17H28N2O. The number of methoxy groups -OCH3 is 1. The van der Waals surface area contributed by atoms with E-state index in [0.29, 0.717) is 12.1 Å². The Morgan fingerprint density at radius 2 is 2.05 bits per heavy atom. The maximum Gasteiger partial charge on any atom is 0.0586 e. The van der Waals surface area contributed by atoms with Crippen molar-refractivity contribution in [3.05, 3.63) is 30.3 Å². The standard InChI is InChI=1S/C17H28N2O/c1-19(16-9-4-3-5-10-16)13-7-12-18-15-8-6-11-17(14-15)20-2/h3-5,9-10,15,17-18H,6-8,11-14H2,1-2H3. The number of benzene rings is 1. The first-order chi connectivity index (χ1) is 9.79. The van der Waals surface area contributed by atoms with Crippen LogP contribution < -0.4 is 10.2 Å². The van der Waals surface area contributed by atoms with Crippen LogP contribution in [0, 0.1) is 0 Å². The SMILES string of the molecule is COC1CCCC(NCCCN(C)c2ccccc2)C1. The van der Waals surface area contributed by atoms with Crippen LogP contribution in [0.4, 0.5) is 5.69 Å². The molecule has 2 atom stereocenters. The molecule has 2 rings (SSSR count). The van der Waals surface area contributed by atoms with Gasteiger partial charge in [-0.3, -0.25) is 0 Å². The summed E-state index contributed by atoms with van der Waals surface area (Å²) in [7, 11) is 4.00. The lowest BCUT2D eigenvalue weighted by Gasteiger charge is -2.29. The van der Waals surface area contributed by atoms with Crippen LogP contribution in [0.5, 0.6) is 0 Å². The number of ether oxygens (including phenoxy) is 1. The quantitative estimate of drug-likeness (QED) is 0.775. The molecule has 0 amide bonds. The Kier molecular flexibility index (Phi) is 6.34. The van der Waals surface area contributed by atoms with E-state index < -0.39 is 0 Å². The molecule has 3 nitrogen and oxygen atoms in total. The number of hydrogen-bond acceptors (Lipinski definition) is 3. The van der Waals surface area contributed by atoms with Gasteiger partial charge in [-0.2, -0.15) is 0 Å². The minimum Gasteiger partial charge on any atom is -0.381 e. The van der Waals surface area contributed by atoms with Gasteiger partial charge in [0.05, 0.1) is 6.10 Å². The lowest BCUT2D eigenvalue weighted by Crippen LogP contribution is -2.38. The molecule has 1 fully saturated rings. The number of nitrogens with one attached hydrogen (secondary N) is 1. The molecule has 1 N–H and O–H groups in total. The molecule has 0 bridgehead atoms. The summed E-state index contributed by atoms with van der Waals surface area (Å²) < 4.78 is 5.48. The number of hydrogen-bond donors (Lipinski definition) is 1. The summed E-state index contributed by atoms with van der Waals surface area (Å²) >= 11 is 0. The van der Waals surface area contributed by atoms with Gasteiger partial charge < -0.3 is 15.0 Å². The normalized spacial score (nSPS) is 22.7. The smallest absolute Gasteiger partial charge is 0.0586 e. The van der Waals surface area contributed by atoms with E-state index in [9.17, 15) is 0 Å². The fourth-order valence-corrected chi connectivity index (χ4v) is 2.98. The monoisotopic (exact) mass is 276 g/mol. The first-order valence-corrected chi connectivity index (χ1v) is 7.82. The van der Waals surface area contributed by atoms with Crippen molar-refractivity contribution in [2.45, 2.75) is 44.2 Å². The predicted octanol–water partition coefficient (Wildman–Crippen LogP) is 3.06. The molecule has 0 radical (unpaired) electrons. The van der Waals surface area contributed by atoms with Gasteiger partial charge in [0, 0.05) is 32.4 Å². The highest BCUT2D eigenvalue weighted by atomic mass is 16.5. The molecule has 1 aromatic rings. The van der Waals surface area contributed by atoms with E-state index in [1.165, 1.54) is 37.8 Å². The molecule has 0 aromatic heterocycles. The first-order valence-electron chi connectivity index (χ1n) is 7.82. The van der Waals surface area contributed by atoms with Gasteiger partial charge in [0.15, 0.2) is 0 Å². The Hall–Kier alpha value is -1.06. The molecule has 112 valence electrons. The molecule has 20 heavy (non-hydrogen) atoms. The molecule has 1 saturated carbocycles. The zero-order valence-corrected chi connectivity index (χ0v) is 12.8. The molecular weight excluding hydrogens is 248 g/mol. The highest BCUT2D eigenvalue weighted by Gasteiger charge is 2.20. The van der Waals surface area contributed by atoms with Crippen LogP contribution >= 0.6 is 0 Å². The van der Waals surface area contributed by atoms with Gasteiger partial charge in [-0.05, 0) is 50.8 Å². The Labute approximate surface area is 123 Å². The van der Waals surface area contributed by atoms with Gasteiger partial charge >= 0.3 is 0 Å². The number of nitrogens with zero attached hydrogens (tertiary/aromatic N) is 1. The van der Waals surface area contributed by atoms with Crippen LogP contribution in [0.15, 0.2) is 30.3 Å². The average molecular weight is 276 g/mol. The maximum atomic E-state index is 5.48. The molecule has 0 heterocycles. The van der Waals surface area contributed by atoms with Crippen LogP contribution in [-0.2, 0) is 4.74 Å². The van der Waals surface area contributed by atoms with Crippen LogP contribution in [-0.4, -0.2) is 39.4 Å². The molecule has 3 heteroatoms. The van der Waals surface area contributed by atoms with Crippen molar-refractivity contribution in [1.82, 2.24) is 5.32 Å². The lowest BCUT2D eigenvalue weighted by atomic mass is 9.93. The Bertz CT molecular complexity index is 369. The second-order valence-corrected chi connectivity index (χ2v) is 5.79. The Morgan fingerprint density at radius 3 is 2.80 bits per heavy atom. The van der Waals surface area contributed by atoms with Gasteiger partial charge in [0.1, 0.15) is 0 Å². The van der Waals surface area contributed by atoms with Crippen molar-refractivity contribution in [2.75, 3.05) is 32.1 Å². The fourth-order valence-electron chi connectivity index (χ4n) is 2.98. The van der Waals surface area contributed by atoms with Gasteiger partial charge in [-0.15, -0.1) is 0 Å². The van der Waals surface area contributed by atoms with E-state index in [1.54, 1.807) is 0 Å². The van der Waals surface area contributed by atoms with E-state index in [0.717, 1.165) is 13.1 Å². The van der Waals surface area contributed by atoms with E-state index >= 15 is 0 Å². The highest BCUT2D eigenvalue weighted by molar-refractivity contribution is 5.44. The topological polar surface area (TPSA) is 24.5 Å². The van der Waals surface area contributed by atoms with Gasteiger partial charge in [-0.1, -0.05) is 18.2 Å². The molecule has 2 unspecified atom stereocenters. The molecule has 1 aliphatic carbocycles. The summed E-state index contributed by atoms with van der Waals surface area (Å²) in [4.78, 5) is 2.32. The number of rotatable bonds is 7. The van der Waals surface area contributed by atoms with E-state index in [2.05, 4.69) is 47.6 Å². The molecule has 1 aliphatic rings. The second kappa shape index (κ2) is 8.28. The fraction of sp³-hybridized carbons (Fsp3) is 0.647. The van der Waals surface area contributed by atoms with Crippen molar-refractivity contribution < 1.29 is 4.74 Å². The van der Waals surface area contributed by atoms with Crippen molar-refractivity contribution in [2.24, 2.45) is 0 Å². The van der Waals surface area contributed by atoms with Crippen molar-refractivity contribution in [3.63, 3.8) is 0 Å². The number of para-hydroxylation sites is 1. The molecule has 0 aliphatic heterocycles. The molecule has 1 aromatic carbocycles. The highest BCUT2D eigenvalue weighted by Crippen LogP contribution is 2.20. The van der Waals surface area contributed by atoms with Crippen molar-refractivity contribution in [3.8, 4) is 0 Å². The van der Waals surface area contributed by atoms with Crippen LogP contribution in [0.25, 0.3) is 0 Å². The van der Waals surface area contributed by atoms with Crippen molar-refractivity contribution >= 4 is 5.69 Å². The summed E-state index contributed by atoms with van der Waals surface area (Å²) in [6, 6.07) is 11.2. The molecule has 0 spiro atoms. The second-order valence-electron chi connectivity index (χ2n) is 5.79. The third-order valence-electron chi connectivity index (χ3n) is 4.26. The zero-order chi connectivity index (χ0) is 14.2. The van der Waals surface area contributed by atoms with E-state index in [1.807, 2.05) is 7.11 Å². The van der Waals surface area contributed by atoms with Gasteiger partial charge in [-0.25, -0.2) is 0 Å². The zero-order valence-electron chi connectivity index (χ0n) is 12.8. The van der Waals surface area contributed by atoms with Gasteiger partial charge in [0.2, 0.25) is 0 Å². The minimum atomic E-state index is 0.466. The summed E-state index contributed by atoms with van der Waals surface area (Å²) in [5.41, 5.74) is 1.30. The van der Waals surface area contributed by atoms with Crippen LogP contribution in [0.3, 0.4) is 0 Å². The largest absolute Gasteiger partial charge is 0.381 e. The van der Waals surface area contributed by atoms with Crippen molar-refractivity contribution in [1.29, 1.82) is 0 Å². The Balaban J connectivity index is 1.61. The minimum absolute atomic E-state index is 0.466. The third kappa shape index (κ3) is 4.80. The third-order valence-corrected chi connectivity index (χ3v) is 4.26. The van der Waals surface area contributed by atoms with Crippen LogP contribution in [0.2, 0.25) is 0 Å². The maximum absolute atomic E-state index is 5.48. The van der Waals surface area contributed by atoms with E-state index in [4.69, 9.17) is 4.74 Å². The lowest BCUT2D eigenvalue weighted by molar-refractivity contribution is 0.0589. The van der Waals surface area contributed by atoms with Crippen LogP contribution in [0.1, 0.15) is 32.1 Å². The summed E-state index contributed by atoms with van der Waals surface area (Å²) in [6.45, 7) is 2.19. The summed E-state index contributed by atoms with van der Waals surface area (Å²) in [5.74, 6) is 0.